The Bertz CT molecular complexity index is 2140. The van der Waals surface area contributed by atoms with E-state index in [1.54, 1.807) is 28.4 Å². The molecule has 2 amide bonds. The predicted molar refractivity (Wildman–Crippen MR) is 265 cm³/mol. The molecule has 2 aromatic carbocycles. The van der Waals surface area contributed by atoms with Crippen LogP contribution in [0.1, 0.15) is 108 Å². The maximum Gasteiger partial charge on any atom is 0.407 e. The van der Waals surface area contributed by atoms with Gasteiger partial charge in [-0.25, -0.2) is 9.59 Å². The summed E-state index contributed by atoms with van der Waals surface area (Å²) in [5.74, 6) is 2.02. The Labute approximate surface area is 419 Å². The summed E-state index contributed by atoms with van der Waals surface area (Å²) in [5.41, 5.74) is 10.1. The number of hydrogen-bond acceptors (Lipinski definition) is 14. The molecule has 4 N–H and O–H groups in total. The molecule has 5 aliphatic heterocycles. The highest BCUT2D eigenvalue weighted by molar-refractivity contribution is 7.59. The van der Waals surface area contributed by atoms with E-state index in [4.69, 9.17) is 34.2 Å². The van der Waals surface area contributed by atoms with Crippen LogP contribution >= 0.6 is 13.5 Å². The highest BCUT2D eigenvalue weighted by Crippen LogP contribution is 2.47. The van der Waals surface area contributed by atoms with E-state index in [-0.39, 0.29) is 92.2 Å². The van der Waals surface area contributed by atoms with Gasteiger partial charge in [-0.3, -0.25) is 28.2 Å². The second-order valence-electron chi connectivity index (χ2n) is 21.1. The van der Waals surface area contributed by atoms with Gasteiger partial charge in [0.2, 0.25) is 0 Å². The minimum atomic E-state index is -0.621. The van der Waals surface area contributed by atoms with Gasteiger partial charge in [0.15, 0.2) is 23.0 Å². The second kappa shape index (κ2) is 24.2. The summed E-state index contributed by atoms with van der Waals surface area (Å²) in [6, 6.07) is 7.96. The zero-order chi connectivity index (χ0) is 50.4. The van der Waals surface area contributed by atoms with E-state index in [2.05, 4.69) is 37.3 Å². The van der Waals surface area contributed by atoms with Gasteiger partial charge in [-0.05, 0) is 126 Å². The van der Waals surface area contributed by atoms with Gasteiger partial charge in [0.25, 0.3) is 0 Å². The van der Waals surface area contributed by atoms with Crippen molar-refractivity contribution in [2.45, 2.75) is 128 Å². The quantitative estimate of drug-likeness (QED) is 0.173. The average Bonchev–Trinajstić information content (AvgIpc) is 3.91. The van der Waals surface area contributed by atoms with Crippen molar-refractivity contribution < 1.29 is 61.1 Å². The van der Waals surface area contributed by atoms with Gasteiger partial charge >= 0.3 is 18.2 Å². The van der Waals surface area contributed by atoms with Crippen molar-refractivity contribution in [3.8, 4) is 23.0 Å². The molecular formula is C51H77F2N5O11S. The number of Topliss-reactive ketones (excluding diaryl/α,β-unsaturated/α-hetero) is 1. The third-order valence-corrected chi connectivity index (χ3v) is 13.9. The normalized spacial score (nSPS) is 27.1. The van der Waals surface area contributed by atoms with Crippen LogP contribution in [0.15, 0.2) is 24.3 Å². The number of amides is 2. The number of carbonyl (C=O) groups is 4. The molecule has 1 unspecified atom stereocenters. The van der Waals surface area contributed by atoms with Crippen molar-refractivity contribution in [1.82, 2.24) is 20.4 Å². The predicted octanol–water partition coefficient (Wildman–Crippen LogP) is 6.94. The summed E-state index contributed by atoms with van der Waals surface area (Å²) >= 11 is 0. The topological polar surface area (TPSA) is 189 Å². The number of benzene rings is 2. The van der Waals surface area contributed by atoms with E-state index in [1.165, 1.54) is 16.7 Å². The maximum atomic E-state index is 13.4. The number of fused-ring (bicyclic) bond motifs is 6. The molecule has 0 aromatic heterocycles. The molecule has 16 nitrogen and oxygen atoms in total. The lowest BCUT2D eigenvalue weighted by Crippen LogP contribution is -2.60. The molecule has 2 aromatic rings. The summed E-state index contributed by atoms with van der Waals surface area (Å²) in [4.78, 5) is 52.9. The summed E-state index contributed by atoms with van der Waals surface area (Å²) in [6.45, 7) is 13.6. The highest BCUT2D eigenvalue weighted by atomic mass is 32.1. The minimum Gasteiger partial charge on any atom is -0.493 e. The van der Waals surface area contributed by atoms with Crippen molar-refractivity contribution >= 4 is 37.4 Å². The van der Waals surface area contributed by atoms with Crippen LogP contribution in [0, 0.1) is 23.7 Å². The van der Waals surface area contributed by atoms with Crippen LogP contribution in [0.4, 0.5) is 18.4 Å². The lowest BCUT2D eigenvalue weighted by molar-refractivity contribution is -0.138. The third-order valence-electron chi connectivity index (χ3n) is 13.9. The summed E-state index contributed by atoms with van der Waals surface area (Å²) in [7, 11) is 6.56. The molecule has 70 heavy (non-hydrogen) atoms. The molecular weight excluding hydrogens is 929 g/mol. The van der Waals surface area contributed by atoms with Crippen LogP contribution in [0.25, 0.3) is 0 Å². The lowest BCUT2D eigenvalue weighted by atomic mass is 9.74. The van der Waals surface area contributed by atoms with Crippen LogP contribution in [-0.2, 0) is 36.6 Å². The third kappa shape index (κ3) is 14.1. The van der Waals surface area contributed by atoms with Crippen molar-refractivity contribution in [1.29, 1.82) is 0 Å². The standard InChI is InChI=1S/C26H37FN2O5.C20H31N3O4.C5H7FO2.H2S/c1-26(2,3)34-25(31)28-20-12-21-17-11-24(33-5)23(32-4)10-16(17)6-7-29(21)14-19(20)18-8-15(13-27)9-22(18)30;1-20(2,3)27-19(24)22-15-10-16-13-9-18(26-5)17(25-4)8-12(13)6-7-23(16)11-14(15)21;6-2-4-1-5(7)8-3-4;/h10-11,15,18-21H,6-9,12-14H2,1-5H3,(H,28,31);8-9,14-16H,6-7,10-11,21H2,1-5H3,(H,22,24);4H,1-3H2;1H2/t15-,18?,19-,20+,21+;14-,15-,16-;4-;/m101./s1. The Morgan fingerprint density at radius 1 is 0.686 bits per heavy atom. The molecule has 6 aliphatic rings. The number of carbonyl (C=O) groups excluding carboxylic acids is 4. The molecule has 0 radical (unpaired) electrons. The first kappa shape index (κ1) is 56.3. The van der Waals surface area contributed by atoms with E-state index in [0.29, 0.717) is 37.3 Å². The van der Waals surface area contributed by atoms with Gasteiger partial charge in [0.05, 0.1) is 60.9 Å². The number of alkyl carbamates (subject to hydrolysis) is 2. The van der Waals surface area contributed by atoms with Crippen LogP contribution in [-0.4, -0.2) is 138 Å². The monoisotopic (exact) mass is 1010 g/mol. The molecule has 4 fully saturated rings. The average molecular weight is 1010 g/mol. The number of ether oxygens (including phenoxy) is 7. The minimum absolute atomic E-state index is 0. The summed E-state index contributed by atoms with van der Waals surface area (Å²) in [6.07, 6.45) is 3.41. The first-order chi connectivity index (χ1) is 32.7. The Hall–Kier alpha value is -4.59. The number of hydrogen-bond donors (Lipinski definition) is 3. The first-order valence-electron chi connectivity index (χ1n) is 24.2. The molecule has 5 heterocycles. The number of alkyl halides is 2. The fraction of sp³-hybridized carbons (Fsp3) is 0.686. The maximum absolute atomic E-state index is 13.4. The second-order valence-corrected chi connectivity index (χ2v) is 21.1. The van der Waals surface area contributed by atoms with E-state index in [9.17, 15) is 28.0 Å². The van der Waals surface area contributed by atoms with Crippen molar-refractivity contribution in [3.05, 3.63) is 46.5 Å². The Morgan fingerprint density at radius 3 is 1.56 bits per heavy atom. The van der Waals surface area contributed by atoms with Crippen LogP contribution in [0.2, 0.25) is 0 Å². The van der Waals surface area contributed by atoms with Crippen molar-refractivity contribution in [3.63, 3.8) is 0 Å². The van der Waals surface area contributed by atoms with Gasteiger partial charge in [-0.1, -0.05) is 0 Å². The van der Waals surface area contributed by atoms with E-state index in [0.717, 1.165) is 56.0 Å². The van der Waals surface area contributed by atoms with Crippen LogP contribution in [0.3, 0.4) is 0 Å². The van der Waals surface area contributed by atoms with Crippen molar-refractivity contribution in [2.24, 2.45) is 29.4 Å². The molecule has 1 aliphatic carbocycles. The summed E-state index contributed by atoms with van der Waals surface area (Å²) < 4.78 is 62.5. The van der Waals surface area contributed by atoms with Crippen LogP contribution in [0.5, 0.6) is 23.0 Å². The van der Waals surface area contributed by atoms with Gasteiger partial charge < -0.3 is 49.5 Å². The number of rotatable bonds is 9. The smallest absolute Gasteiger partial charge is 0.407 e. The van der Waals surface area contributed by atoms with E-state index < -0.39 is 36.7 Å². The van der Waals surface area contributed by atoms with Gasteiger partial charge in [0, 0.05) is 74.5 Å². The number of cyclic esters (lactones) is 1. The number of halogens is 2. The van der Waals surface area contributed by atoms with Gasteiger partial charge in [-0.2, -0.15) is 13.5 Å². The molecule has 9 atom stereocenters. The molecule has 0 spiro atoms. The van der Waals surface area contributed by atoms with E-state index in [1.807, 2.05) is 53.7 Å². The highest BCUT2D eigenvalue weighted by Gasteiger charge is 2.48. The SMILES string of the molecule is COc1cc2c(cc1OC)[C@@H]1C[C@H](NC(=O)OC(C)(C)C)[C@@H](C3C[C@@H](CF)CC3=O)CN1CC2.COc1cc2c(cc1OC)[C@@H]1C[C@H](NC(=O)OC(C)(C)C)[C@@H](N)CN1CC2.O=C1C[C@H](CF)CO1.S. The number of nitrogens with zero attached hydrogens (tertiary/aromatic N) is 2. The number of piperidine rings is 2. The fourth-order valence-corrected chi connectivity index (χ4v) is 10.6. The first-order valence-corrected chi connectivity index (χ1v) is 24.2. The number of esters is 1. The molecule has 1 saturated carbocycles. The summed E-state index contributed by atoms with van der Waals surface area (Å²) in [5, 5.41) is 6.05. The Balaban J connectivity index is 0.000000226. The largest absolute Gasteiger partial charge is 0.493 e. The van der Waals surface area contributed by atoms with Gasteiger partial charge in [0.1, 0.15) is 17.0 Å². The molecule has 8 rings (SSSR count). The Morgan fingerprint density at radius 2 is 1.14 bits per heavy atom. The zero-order valence-corrected chi connectivity index (χ0v) is 43.6. The number of nitrogens with two attached hydrogens (primary N) is 1. The molecule has 0 bridgehead atoms. The van der Waals surface area contributed by atoms with Crippen LogP contribution < -0.4 is 35.3 Å². The van der Waals surface area contributed by atoms with Crippen molar-refractivity contribution in [2.75, 3.05) is 74.6 Å². The van der Waals surface area contributed by atoms with E-state index >= 15 is 0 Å². The lowest BCUT2D eigenvalue weighted by Gasteiger charge is -2.48. The molecule has 19 heteroatoms. The molecule has 392 valence electrons. The number of nitrogens with one attached hydrogen (secondary N) is 2. The molecule has 3 saturated heterocycles. The fourth-order valence-electron chi connectivity index (χ4n) is 10.6. The Kier molecular flexibility index (Phi) is 19.5. The number of methoxy groups -OCH3 is 4. The number of ketones is 1. The van der Waals surface area contributed by atoms with Gasteiger partial charge in [-0.15, -0.1) is 0 Å². The zero-order valence-electron chi connectivity index (χ0n) is 42.6.